The molecule has 1 unspecified atom stereocenters. The summed E-state index contributed by atoms with van der Waals surface area (Å²) in [5.74, 6) is 0.0390. The van der Waals surface area contributed by atoms with E-state index in [1.54, 1.807) is 19.9 Å². The molecule has 0 spiro atoms. The van der Waals surface area contributed by atoms with E-state index in [4.69, 9.17) is 0 Å². The Morgan fingerprint density at radius 1 is 1.70 bits per heavy atom. The van der Waals surface area contributed by atoms with Crippen LogP contribution in [0, 0.1) is 0 Å². The molecule has 1 aliphatic heterocycles. The summed E-state index contributed by atoms with van der Waals surface area (Å²) in [6, 6.07) is 0. The summed E-state index contributed by atoms with van der Waals surface area (Å²) in [6.45, 7) is 3.50. The first-order valence-electron chi connectivity index (χ1n) is 3.08. The van der Waals surface area contributed by atoms with Gasteiger partial charge in [-0.1, -0.05) is 11.6 Å². The molecule has 0 aromatic heterocycles. The van der Waals surface area contributed by atoms with Crippen molar-refractivity contribution >= 4 is 10.1 Å². The van der Waals surface area contributed by atoms with Crippen LogP contribution in [0.2, 0.25) is 0 Å². The highest BCUT2D eigenvalue weighted by molar-refractivity contribution is 7.87. The third kappa shape index (κ3) is 1.82. The standard InChI is InChI=1S/C6H10O3S/c1-5-3-6(2)9-10(7,8)4-5/h3,6H,4H2,1-2H3. The second-order valence-corrected chi connectivity index (χ2v) is 4.11. The summed E-state index contributed by atoms with van der Waals surface area (Å²) in [5.41, 5.74) is 0.860. The second kappa shape index (κ2) is 2.36. The molecule has 0 aliphatic carbocycles. The zero-order valence-electron chi connectivity index (χ0n) is 5.99. The van der Waals surface area contributed by atoms with Crippen molar-refractivity contribution in [1.29, 1.82) is 0 Å². The molecule has 0 fully saturated rings. The van der Waals surface area contributed by atoms with Crippen LogP contribution in [0.1, 0.15) is 13.8 Å². The van der Waals surface area contributed by atoms with Gasteiger partial charge in [0.15, 0.2) is 0 Å². The van der Waals surface area contributed by atoms with Gasteiger partial charge in [0.1, 0.15) is 0 Å². The van der Waals surface area contributed by atoms with Gasteiger partial charge >= 0.3 is 0 Å². The Balaban J connectivity index is 2.91. The van der Waals surface area contributed by atoms with Crippen LogP contribution in [-0.4, -0.2) is 20.3 Å². The van der Waals surface area contributed by atoms with Crippen molar-refractivity contribution in [2.24, 2.45) is 0 Å². The smallest absolute Gasteiger partial charge is 0.263 e. The Hall–Kier alpha value is -0.350. The average molecular weight is 162 g/mol. The predicted molar refractivity (Wildman–Crippen MR) is 38.1 cm³/mol. The summed E-state index contributed by atoms with van der Waals surface area (Å²) in [7, 11) is -3.25. The normalized spacial score (nSPS) is 31.4. The van der Waals surface area contributed by atoms with E-state index in [0.717, 1.165) is 5.57 Å². The van der Waals surface area contributed by atoms with Crippen molar-refractivity contribution in [2.75, 3.05) is 5.75 Å². The summed E-state index contributed by atoms with van der Waals surface area (Å²) in [5, 5.41) is 0. The molecule has 0 saturated heterocycles. The lowest BCUT2D eigenvalue weighted by atomic mass is 10.2. The molecule has 0 aromatic rings. The lowest BCUT2D eigenvalue weighted by molar-refractivity contribution is 0.269. The van der Waals surface area contributed by atoms with E-state index in [-0.39, 0.29) is 11.9 Å². The third-order valence-corrected chi connectivity index (χ3v) is 2.63. The van der Waals surface area contributed by atoms with Gasteiger partial charge in [-0.3, -0.25) is 4.18 Å². The van der Waals surface area contributed by atoms with Crippen LogP contribution < -0.4 is 0 Å². The van der Waals surface area contributed by atoms with E-state index in [1.165, 1.54) is 0 Å². The molecule has 1 heterocycles. The highest BCUT2D eigenvalue weighted by Gasteiger charge is 2.20. The summed E-state index contributed by atoms with van der Waals surface area (Å²) < 4.78 is 26.3. The van der Waals surface area contributed by atoms with Crippen LogP contribution in [0.3, 0.4) is 0 Å². The quantitative estimate of drug-likeness (QED) is 0.388. The third-order valence-electron chi connectivity index (χ3n) is 1.22. The van der Waals surface area contributed by atoms with Crippen LogP contribution in [0.5, 0.6) is 0 Å². The summed E-state index contributed by atoms with van der Waals surface area (Å²) >= 11 is 0. The van der Waals surface area contributed by atoms with Gasteiger partial charge in [-0.2, -0.15) is 8.42 Å². The van der Waals surface area contributed by atoms with Crippen molar-refractivity contribution in [1.82, 2.24) is 0 Å². The van der Waals surface area contributed by atoms with Crippen molar-refractivity contribution < 1.29 is 12.6 Å². The van der Waals surface area contributed by atoms with Crippen molar-refractivity contribution in [3.63, 3.8) is 0 Å². The monoisotopic (exact) mass is 162 g/mol. The van der Waals surface area contributed by atoms with E-state index >= 15 is 0 Å². The molecule has 1 atom stereocenters. The maximum absolute atomic E-state index is 10.8. The maximum Gasteiger partial charge on any atom is 0.271 e. The minimum absolute atomic E-state index is 0.0390. The molecule has 0 bridgehead atoms. The van der Waals surface area contributed by atoms with E-state index in [0.29, 0.717) is 0 Å². The van der Waals surface area contributed by atoms with Crippen LogP contribution >= 0.6 is 0 Å². The van der Waals surface area contributed by atoms with Gasteiger partial charge in [-0.25, -0.2) is 0 Å². The fraction of sp³-hybridized carbons (Fsp3) is 0.667. The Morgan fingerprint density at radius 2 is 2.30 bits per heavy atom. The van der Waals surface area contributed by atoms with E-state index < -0.39 is 10.1 Å². The van der Waals surface area contributed by atoms with Gasteiger partial charge in [0, 0.05) is 0 Å². The van der Waals surface area contributed by atoms with E-state index in [9.17, 15) is 8.42 Å². The first kappa shape index (κ1) is 7.75. The predicted octanol–water partition coefficient (Wildman–Crippen LogP) is 0.681. The summed E-state index contributed by atoms with van der Waals surface area (Å²) in [4.78, 5) is 0. The minimum atomic E-state index is -3.25. The fourth-order valence-electron chi connectivity index (χ4n) is 1.02. The molecule has 3 nitrogen and oxygen atoms in total. The van der Waals surface area contributed by atoms with Crippen molar-refractivity contribution in [2.45, 2.75) is 20.0 Å². The summed E-state index contributed by atoms with van der Waals surface area (Å²) in [6.07, 6.45) is 1.51. The fourth-order valence-corrected chi connectivity index (χ4v) is 2.26. The molecule has 10 heavy (non-hydrogen) atoms. The lowest BCUT2D eigenvalue weighted by Crippen LogP contribution is -2.22. The van der Waals surface area contributed by atoms with Gasteiger partial charge < -0.3 is 0 Å². The lowest BCUT2D eigenvalue weighted by Gasteiger charge is -2.15. The topological polar surface area (TPSA) is 43.4 Å². The van der Waals surface area contributed by atoms with E-state index in [2.05, 4.69) is 4.18 Å². The Kier molecular flexibility index (Phi) is 1.83. The first-order chi connectivity index (χ1) is 4.49. The molecule has 0 radical (unpaired) electrons. The zero-order valence-corrected chi connectivity index (χ0v) is 6.81. The Morgan fingerprint density at radius 3 is 2.70 bits per heavy atom. The van der Waals surface area contributed by atoms with Crippen molar-refractivity contribution in [3.05, 3.63) is 11.6 Å². The molecular formula is C6H10O3S. The molecule has 58 valence electrons. The SMILES string of the molecule is CC1=CC(C)OS(=O)(=O)C1. The van der Waals surface area contributed by atoms with Crippen LogP contribution in [0.15, 0.2) is 11.6 Å². The molecule has 0 saturated carbocycles. The molecule has 1 rings (SSSR count). The van der Waals surface area contributed by atoms with Crippen LogP contribution in [0.25, 0.3) is 0 Å². The van der Waals surface area contributed by atoms with Crippen LogP contribution in [-0.2, 0) is 14.3 Å². The first-order valence-corrected chi connectivity index (χ1v) is 4.65. The van der Waals surface area contributed by atoms with Gasteiger partial charge in [0.05, 0.1) is 11.9 Å². The Bertz CT molecular complexity index is 250. The molecule has 1 aliphatic rings. The van der Waals surface area contributed by atoms with E-state index in [1.807, 2.05) is 0 Å². The van der Waals surface area contributed by atoms with Gasteiger partial charge in [-0.15, -0.1) is 0 Å². The molecule has 4 heteroatoms. The largest absolute Gasteiger partial charge is 0.271 e. The second-order valence-electron chi connectivity index (χ2n) is 2.52. The minimum Gasteiger partial charge on any atom is -0.263 e. The van der Waals surface area contributed by atoms with Gasteiger partial charge in [-0.05, 0) is 13.8 Å². The number of rotatable bonds is 0. The van der Waals surface area contributed by atoms with Crippen LogP contribution in [0.4, 0.5) is 0 Å². The molecular weight excluding hydrogens is 152 g/mol. The zero-order chi connectivity index (χ0) is 7.78. The van der Waals surface area contributed by atoms with Gasteiger partial charge in [0.25, 0.3) is 10.1 Å². The molecule has 0 N–H and O–H groups in total. The van der Waals surface area contributed by atoms with Crippen molar-refractivity contribution in [3.8, 4) is 0 Å². The highest BCUT2D eigenvalue weighted by Crippen LogP contribution is 2.13. The molecule has 0 aromatic carbocycles. The highest BCUT2D eigenvalue weighted by atomic mass is 32.2. The number of hydrogen-bond acceptors (Lipinski definition) is 3. The van der Waals surface area contributed by atoms with Gasteiger partial charge in [0.2, 0.25) is 0 Å². The number of hydrogen-bond donors (Lipinski definition) is 0. The Labute approximate surface area is 60.8 Å². The maximum atomic E-state index is 10.8. The molecule has 0 amide bonds. The average Bonchev–Trinajstić information content (AvgIpc) is 1.54.